The molecule has 1 saturated heterocycles. The molecule has 1 fully saturated rings. The number of amides is 2. The Kier molecular flexibility index (Phi) is 7.40. The van der Waals surface area contributed by atoms with Crippen molar-refractivity contribution in [3.05, 3.63) is 82.6 Å². The Balaban J connectivity index is 1.56. The highest BCUT2D eigenvalue weighted by Gasteiger charge is 2.38. The Bertz CT molecular complexity index is 1450. The molecule has 6 rings (SSSR count). The Morgan fingerprint density at radius 1 is 1.08 bits per heavy atom. The van der Waals surface area contributed by atoms with Gasteiger partial charge in [-0.2, -0.15) is 16.4 Å². The molecule has 0 saturated carbocycles. The van der Waals surface area contributed by atoms with E-state index in [1.165, 1.54) is 0 Å². The van der Waals surface area contributed by atoms with E-state index < -0.39 is 0 Å². The highest BCUT2D eigenvalue weighted by molar-refractivity contribution is 8.00. The first-order valence-electron chi connectivity index (χ1n) is 12.8. The van der Waals surface area contributed by atoms with E-state index in [1.54, 1.807) is 40.0 Å². The zero-order valence-electron chi connectivity index (χ0n) is 21.5. The van der Waals surface area contributed by atoms with Crippen LogP contribution in [0.1, 0.15) is 16.4 Å². The fourth-order valence-electron chi connectivity index (χ4n) is 4.97. The zero-order chi connectivity index (χ0) is 26.8. The Hall–Kier alpha value is -3.60. The summed E-state index contributed by atoms with van der Waals surface area (Å²) in [5.74, 6) is 1.40. The number of morpholine rings is 1. The van der Waals surface area contributed by atoms with Gasteiger partial charge in [-0.15, -0.1) is 11.8 Å². The van der Waals surface area contributed by atoms with Crippen LogP contribution in [0, 0.1) is 0 Å². The molecule has 4 aromatic rings. The van der Waals surface area contributed by atoms with Crippen molar-refractivity contribution in [2.75, 3.05) is 50.6 Å². The SMILES string of the molecule is COc1ccc(-n2nc(-c3ccccc3)c3c2N(CC(=O)N2CCOCC2)C(=O)CS[C@H]3c2ccsc2)cc1. The lowest BCUT2D eigenvalue weighted by molar-refractivity contribution is -0.134. The van der Waals surface area contributed by atoms with Crippen molar-refractivity contribution < 1.29 is 19.1 Å². The van der Waals surface area contributed by atoms with Gasteiger partial charge < -0.3 is 14.4 Å². The summed E-state index contributed by atoms with van der Waals surface area (Å²) in [6.45, 7) is 1.99. The van der Waals surface area contributed by atoms with Crippen LogP contribution in [0.3, 0.4) is 0 Å². The van der Waals surface area contributed by atoms with Gasteiger partial charge in [0.15, 0.2) is 0 Å². The van der Waals surface area contributed by atoms with Gasteiger partial charge in [0, 0.05) is 24.2 Å². The molecule has 0 aliphatic carbocycles. The fourth-order valence-corrected chi connectivity index (χ4v) is 6.93. The lowest BCUT2D eigenvalue weighted by Crippen LogP contribution is -2.48. The van der Waals surface area contributed by atoms with Crippen molar-refractivity contribution in [3.8, 4) is 22.7 Å². The molecule has 4 heterocycles. The normalized spacial score (nSPS) is 17.6. The standard InChI is InChI=1S/C29H28N4O4S2/c1-36-23-9-7-22(8-10-23)33-29-26(27(30-33)20-5-3-2-4-6-20)28(21-11-16-38-18-21)39-19-25(35)32(29)17-24(34)31-12-14-37-15-13-31/h2-11,16,18,28H,12-15,17,19H2,1H3/t28-/m0/s1. The molecule has 0 N–H and O–H groups in total. The average Bonchev–Trinajstić information content (AvgIpc) is 3.63. The smallest absolute Gasteiger partial charge is 0.242 e. The predicted molar refractivity (Wildman–Crippen MR) is 154 cm³/mol. The molecule has 1 atom stereocenters. The van der Waals surface area contributed by atoms with Crippen LogP contribution >= 0.6 is 23.1 Å². The molecular weight excluding hydrogens is 532 g/mol. The minimum absolute atomic E-state index is 0.0567. The third kappa shape index (κ3) is 5.07. The number of nitrogens with zero attached hydrogens (tertiary/aromatic N) is 4. The van der Waals surface area contributed by atoms with Gasteiger partial charge in [-0.3, -0.25) is 14.5 Å². The number of carbonyl (C=O) groups excluding carboxylic acids is 2. The molecule has 2 aromatic carbocycles. The minimum Gasteiger partial charge on any atom is -0.497 e. The molecule has 200 valence electrons. The van der Waals surface area contributed by atoms with Crippen LogP contribution in [-0.4, -0.2) is 72.2 Å². The van der Waals surface area contributed by atoms with Crippen molar-refractivity contribution in [1.29, 1.82) is 0 Å². The van der Waals surface area contributed by atoms with E-state index >= 15 is 0 Å². The van der Waals surface area contributed by atoms with E-state index in [0.29, 0.717) is 32.1 Å². The first-order valence-corrected chi connectivity index (χ1v) is 14.8. The molecule has 10 heteroatoms. The number of thioether (sulfide) groups is 1. The maximum Gasteiger partial charge on any atom is 0.242 e. The van der Waals surface area contributed by atoms with Gasteiger partial charge >= 0.3 is 0 Å². The van der Waals surface area contributed by atoms with Crippen molar-refractivity contribution in [2.24, 2.45) is 0 Å². The summed E-state index contributed by atoms with van der Waals surface area (Å²) in [6.07, 6.45) is 0. The highest BCUT2D eigenvalue weighted by Crippen LogP contribution is 2.49. The summed E-state index contributed by atoms with van der Waals surface area (Å²) in [6, 6.07) is 19.7. The van der Waals surface area contributed by atoms with Gasteiger partial charge in [-0.05, 0) is 46.7 Å². The molecule has 2 amide bonds. The number of rotatable bonds is 6. The average molecular weight is 561 g/mol. The Morgan fingerprint density at radius 2 is 1.85 bits per heavy atom. The number of anilines is 1. The summed E-state index contributed by atoms with van der Waals surface area (Å²) >= 11 is 3.21. The summed E-state index contributed by atoms with van der Waals surface area (Å²) in [5.41, 5.74) is 4.58. The number of fused-ring (bicyclic) bond motifs is 1. The molecule has 2 aliphatic heterocycles. The van der Waals surface area contributed by atoms with E-state index in [4.69, 9.17) is 14.6 Å². The summed E-state index contributed by atoms with van der Waals surface area (Å²) < 4.78 is 12.6. The van der Waals surface area contributed by atoms with Crippen LogP contribution in [0.25, 0.3) is 16.9 Å². The van der Waals surface area contributed by atoms with Gasteiger partial charge in [-0.25, -0.2) is 4.68 Å². The number of benzene rings is 2. The summed E-state index contributed by atoms with van der Waals surface area (Å²) in [5, 5.41) is 9.18. The van der Waals surface area contributed by atoms with Gasteiger partial charge in [0.05, 0.1) is 42.7 Å². The lowest BCUT2D eigenvalue weighted by Gasteiger charge is -2.30. The monoisotopic (exact) mass is 560 g/mol. The second-order valence-corrected chi connectivity index (χ2v) is 11.2. The number of methoxy groups -OCH3 is 1. The lowest BCUT2D eigenvalue weighted by atomic mass is 10.0. The van der Waals surface area contributed by atoms with E-state index in [-0.39, 0.29) is 29.4 Å². The highest BCUT2D eigenvalue weighted by atomic mass is 32.2. The number of carbonyl (C=O) groups is 2. The second kappa shape index (κ2) is 11.3. The third-order valence-electron chi connectivity index (χ3n) is 6.96. The Morgan fingerprint density at radius 3 is 2.54 bits per heavy atom. The summed E-state index contributed by atoms with van der Waals surface area (Å²) in [4.78, 5) is 30.7. The molecular formula is C29H28N4O4S2. The Labute approximate surface area is 235 Å². The van der Waals surface area contributed by atoms with E-state index in [9.17, 15) is 9.59 Å². The molecule has 0 unspecified atom stereocenters. The maximum absolute atomic E-state index is 13.8. The molecule has 2 aromatic heterocycles. The predicted octanol–water partition coefficient (Wildman–Crippen LogP) is 4.64. The molecule has 0 radical (unpaired) electrons. The van der Waals surface area contributed by atoms with Gasteiger partial charge in [0.25, 0.3) is 0 Å². The van der Waals surface area contributed by atoms with Crippen molar-refractivity contribution in [2.45, 2.75) is 5.25 Å². The first kappa shape index (κ1) is 25.7. The summed E-state index contributed by atoms with van der Waals surface area (Å²) in [7, 11) is 1.63. The van der Waals surface area contributed by atoms with Gasteiger partial charge in [-0.1, -0.05) is 30.3 Å². The molecule has 0 spiro atoms. The van der Waals surface area contributed by atoms with Crippen LogP contribution in [0.5, 0.6) is 5.75 Å². The fraction of sp³-hybridized carbons (Fsp3) is 0.276. The van der Waals surface area contributed by atoms with Crippen molar-refractivity contribution in [1.82, 2.24) is 14.7 Å². The number of aromatic nitrogens is 2. The third-order valence-corrected chi connectivity index (χ3v) is 8.91. The number of ether oxygens (including phenoxy) is 2. The van der Waals surface area contributed by atoms with Gasteiger partial charge in [0.2, 0.25) is 11.8 Å². The van der Waals surface area contributed by atoms with Crippen LogP contribution in [0.4, 0.5) is 5.82 Å². The molecule has 8 nitrogen and oxygen atoms in total. The van der Waals surface area contributed by atoms with Crippen LogP contribution in [0.2, 0.25) is 0 Å². The maximum atomic E-state index is 13.8. The van der Waals surface area contributed by atoms with Crippen molar-refractivity contribution >= 4 is 40.7 Å². The van der Waals surface area contributed by atoms with E-state index in [2.05, 4.69) is 16.8 Å². The second-order valence-electron chi connectivity index (χ2n) is 9.28. The van der Waals surface area contributed by atoms with Crippen LogP contribution in [-0.2, 0) is 14.3 Å². The zero-order valence-corrected chi connectivity index (χ0v) is 23.1. The first-order chi connectivity index (χ1) is 19.1. The van der Waals surface area contributed by atoms with Crippen LogP contribution < -0.4 is 9.64 Å². The minimum atomic E-state index is -0.124. The molecule has 39 heavy (non-hydrogen) atoms. The van der Waals surface area contributed by atoms with E-state index in [1.807, 2.05) is 59.3 Å². The quantitative estimate of drug-likeness (QED) is 0.342. The number of hydrogen-bond acceptors (Lipinski definition) is 7. The van der Waals surface area contributed by atoms with Crippen LogP contribution in [0.15, 0.2) is 71.4 Å². The van der Waals surface area contributed by atoms with Gasteiger partial charge in [0.1, 0.15) is 18.1 Å². The van der Waals surface area contributed by atoms with Crippen molar-refractivity contribution in [3.63, 3.8) is 0 Å². The molecule has 0 bridgehead atoms. The van der Waals surface area contributed by atoms with E-state index in [0.717, 1.165) is 33.8 Å². The number of hydrogen-bond donors (Lipinski definition) is 0. The number of thiophene rings is 1. The topological polar surface area (TPSA) is 76.9 Å². The largest absolute Gasteiger partial charge is 0.497 e. The molecule has 2 aliphatic rings.